The largest absolute Gasteiger partial charge is 0.465 e. The van der Waals surface area contributed by atoms with Crippen LogP contribution < -0.4 is 18.9 Å². The number of ether oxygens (including phenoxy) is 8. The van der Waals surface area contributed by atoms with E-state index >= 15 is 0 Å². The van der Waals surface area contributed by atoms with Gasteiger partial charge in [0.05, 0.1) is 19.3 Å². The zero-order chi connectivity index (χ0) is 69.7. The second kappa shape index (κ2) is 45.4. The molecule has 99 heavy (non-hydrogen) atoms. The molecule has 0 N–H and O–H groups in total. The molecule has 0 aliphatic heterocycles. The minimum Gasteiger partial charge on any atom is -0.465 e. The van der Waals surface area contributed by atoms with Crippen LogP contribution in [-0.2, 0) is 31.8 Å². The van der Waals surface area contributed by atoms with Gasteiger partial charge in [0.1, 0.15) is 23.0 Å². The predicted molar refractivity (Wildman–Crippen MR) is 412 cm³/mol. The van der Waals surface area contributed by atoms with E-state index < -0.39 is 0 Å². The van der Waals surface area contributed by atoms with Crippen LogP contribution in [0.25, 0.3) is 0 Å². The third-order valence-electron chi connectivity index (χ3n) is 22.4. The standard InChI is InChI=1S/C25H34O2.C24H32O2.C23H36O2.C19H30O2/c1-3-20(2)22-14-16-24(17-15-22)27-25(23-12-8-5-9-13-23)26-19-18-21-10-6-4-7-11-21;1-3-19(2)21-13-15-23(16-14-21)26-24(22-11-7-8-12-22)25-18-17-20-9-5-4-6-10-20;1-3-18(2)19-14-16-22(17-15-19)25-23(20-10-6-4-7-11-20)24-21-12-8-5-9-13-21;1-4-15(3)16-11-13-18(14-12-16)21-19(20-5-2)17-9-7-6-8-10-17/h4,6-7,10-11,14-17,20,23,25H,3,5,8-9,12-13,18-19H2,1-2H3;4-6,9-10,13-16,19,22,24H,3,7-8,11-12,17-18H2,1-2H3;14-18,20-21,23H,3-13H2,1-2H3;11-15,17,19H,4-10H2,1-3H3. The van der Waals surface area contributed by atoms with Crippen molar-refractivity contribution in [3.63, 3.8) is 0 Å². The van der Waals surface area contributed by atoms with Crippen molar-refractivity contribution in [3.8, 4) is 23.0 Å². The molecule has 0 spiro atoms. The Hall–Kier alpha value is -5.64. The predicted octanol–water partition coefficient (Wildman–Crippen LogP) is 25.5. The Labute approximate surface area is 602 Å². The minimum atomic E-state index is -0.136. The van der Waals surface area contributed by atoms with Crippen LogP contribution in [-0.4, -0.2) is 51.1 Å². The molecule has 5 saturated carbocycles. The van der Waals surface area contributed by atoms with E-state index in [1.165, 1.54) is 200 Å². The van der Waals surface area contributed by atoms with Gasteiger partial charge in [-0.2, -0.15) is 0 Å². The van der Waals surface area contributed by atoms with Crippen molar-refractivity contribution >= 4 is 0 Å². The van der Waals surface area contributed by atoms with E-state index in [2.05, 4.69) is 213 Å². The molecule has 8 heteroatoms. The number of hydrogen-bond acceptors (Lipinski definition) is 8. The molecule has 11 rings (SSSR count). The molecule has 5 aliphatic carbocycles. The summed E-state index contributed by atoms with van der Waals surface area (Å²) in [6.07, 6.45) is 37.3. The summed E-state index contributed by atoms with van der Waals surface area (Å²) in [5.74, 6) is 8.30. The van der Waals surface area contributed by atoms with E-state index in [1.807, 2.05) is 6.92 Å². The Morgan fingerprint density at radius 2 is 0.535 bits per heavy atom. The zero-order valence-electron chi connectivity index (χ0n) is 63.1. The maximum absolute atomic E-state index is 6.51. The summed E-state index contributed by atoms with van der Waals surface area (Å²) >= 11 is 0. The van der Waals surface area contributed by atoms with E-state index in [0.29, 0.717) is 73.3 Å². The van der Waals surface area contributed by atoms with Crippen LogP contribution in [0.1, 0.15) is 299 Å². The maximum atomic E-state index is 6.51. The molecule has 8 unspecified atom stereocenters. The van der Waals surface area contributed by atoms with Crippen LogP contribution in [0.15, 0.2) is 158 Å². The van der Waals surface area contributed by atoms with Gasteiger partial charge in [0.15, 0.2) is 0 Å². The summed E-state index contributed by atoms with van der Waals surface area (Å²) < 4.78 is 50.0. The second-order valence-electron chi connectivity index (χ2n) is 29.8. The van der Waals surface area contributed by atoms with Crippen LogP contribution in [0.2, 0.25) is 0 Å². The summed E-state index contributed by atoms with van der Waals surface area (Å²) in [5.41, 5.74) is 8.17. The fraction of sp³-hybridized carbons (Fsp3) is 0.604. The maximum Gasteiger partial charge on any atom is 0.202 e. The lowest BCUT2D eigenvalue weighted by molar-refractivity contribution is -0.161. The van der Waals surface area contributed by atoms with Crippen molar-refractivity contribution in [1.82, 2.24) is 0 Å². The fourth-order valence-electron chi connectivity index (χ4n) is 14.9. The molecule has 0 amide bonds. The summed E-state index contributed by atoms with van der Waals surface area (Å²) in [7, 11) is 0. The molecule has 0 heterocycles. The Morgan fingerprint density at radius 3 is 0.818 bits per heavy atom. The molecular weight excluding hydrogens is 1220 g/mol. The number of hydrogen-bond donors (Lipinski definition) is 0. The van der Waals surface area contributed by atoms with Crippen LogP contribution in [0.4, 0.5) is 0 Å². The highest BCUT2D eigenvalue weighted by molar-refractivity contribution is 5.32. The van der Waals surface area contributed by atoms with Gasteiger partial charge in [0.25, 0.3) is 0 Å². The SMILES string of the molecule is CCC(C)c1ccc(OC(OC2CCCCC2)C2CCCCC2)cc1.CCC(C)c1ccc(OC(OCCc2ccccc2)C2CCCC2)cc1.CCC(C)c1ccc(OC(OCCc2ccccc2)C2CCCCC2)cc1.CCOC(Oc1ccc(C(C)CC)cc1)C1CCCCC1. The monoisotopic (exact) mass is 1350 g/mol. The molecule has 8 nitrogen and oxygen atoms in total. The highest BCUT2D eigenvalue weighted by Gasteiger charge is 2.32. The van der Waals surface area contributed by atoms with E-state index in [9.17, 15) is 0 Å². The zero-order valence-corrected chi connectivity index (χ0v) is 63.1. The van der Waals surface area contributed by atoms with Crippen molar-refractivity contribution in [3.05, 3.63) is 191 Å². The Bertz CT molecular complexity index is 2960. The van der Waals surface area contributed by atoms with Gasteiger partial charge in [-0.05, 0) is 215 Å². The van der Waals surface area contributed by atoms with Crippen molar-refractivity contribution in [2.75, 3.05) is 19.8 Å². The summed E-state index contributed by atoms with van der Waals surface area (Å²) in [4.78, 5) is 0. The lowest BCUT2D eigenvalue weighted by Crippen LogP contribution is -2.36. The quantitative estimate of drug-likeness (QED) is 0.0387. The molecule has 6 aromatic carbocycles. The molecule has 0 aromatic heterocycles. The molecule has 5 aliphatic rings. The first kappa shape index (κ1) is 79.1. The highest BCUT2D eigenvalue weighted by atomic mass is 16.7. The Balaban J connectivity index is 0.000000169. The van der Waals surface area contributed by atoms with Crippen molar-refractivity contribution < 1.29 is 37.9 Å². The summed E-state index contributed by atoms with van der Waals surface area (Å²) in [5, 5.41) is 0. The lowest BCUT2D eigenvalue weighted by Gasteiger charge is -2.34. The van der Waals surface area contributed by atoms with Gasteiger partial charge in [-0.3, -0.25) is 0 Å². The smallest absolute Gasteiger partial charge is 0.202 e. The third-order valence-corrected chi connectivity index (χ3v) is 22.4. The van der Waals surface area contributed by atoms with Crippen molar-refractivity contribution in [2.45, 2.75) is 310 Å². The molecule has 0 saturated heterocycles. The van der Waals surface area contributed by atoms with Gasteiger partial charge in [-0.15, -0.1) is 0 Å². The highest BCUT2D eigenvalue weighted by Crippen LogP contribution is 2.37. The van der Waals surface area contributed by atoms with E-state index in [0.717, 1.165) is 48.7 Å². The van der Waals surface area contributed by atoms with Crippen molar-refractivity contribution in [1.29, 1.82) is 0 Å². The lowest BCUT2D eigenvalue weighted by atomic mass is 9.88. The van der Waals surface area contributed by atoms with Gasteiger partial charge in [-0.25, -0.2) is 0 Å². The summed E-state index contributed by atoms with van der Waals surface area (Å²) in [6.45, 7) is 22.2. The van der Waals surface area contributed by atoms with E-state index in [1.54, 1.807) is 0 Å². The number of rotatable bonds is 32. The molecule has 8 atom stereocenters. The first-order valence-electron chi connectivity index (χ1n) is 40.2. The first-order valence-corrected chi connectivity index (χ1v) is 40.2. The van der Waals surface area contributed by atoms with Gasteiger partial charge in [0, 0.05) is 30.3 Å². The van der Waals surface area contributed by atoms with E-state index in [4.69, 9.17) is 37.9 Å². The normalized spacial score (nSPS) is 19.0. The first-order chi connectivity index (χ1) is 48.5. The Kier molecular flexibility index (Phi) is 36.2. The molecule has 5 fully saturated rings. The fourth-order valence-corrected chi connectivity index (χ4v) is 14.9. The Morgan fingerprint density at radius 1 is 0.283 bits per heavy atom. The molecular formula is C91H132O8. The molecule has 0 bridgehead atoms. The molecule has 544 valence electrons. The van der Waals surface area contributed by atoms with Gasteiger partial charge in [-0.1, -0.05) is 254 Å². The van der Waals surface area contributed by atoms with Crippen LogP contribution in [0.3, 0.4) is 0 Å². The summed E-state index contributed by atoms with van der Waals surface area (Å²) in [6, 6.07) is 55.6. The average Bonchev–Trinajstić information content (AvgIpc) is 2.13. The van der Waals surface area contributed by atoms with Gasteiger partial charge in [0.2, 0.25) is 25.2 Å². The van der Waals surface area contributed by atoms with Crippen LogP contribution in [0, 0.1) is 23.7 Å². The van der Waals surface area contributed by atoms with Crippen LogP contribution in [0.5, 0.6) is 23.0 Å². The topological polar surface area (TPSA) is 73.8 Å². The molecule has 0 radical (unpaired) electrons. The van der Waals surface area contributed by atoms with E-state index in [-0.39, 0.29) is 25.2 Å². The molecule has 6 aromatic rings. The van der Waals surface area contributed by atoms with Gasteiger partial charge >= 0.3 is 0 Å². The van der Waals surface area contributed by atoms with Crippen LogP contribution >= 0.6 is 0 Å². The average molecular weight is 1350 g/mol. The van der Waals surface area contributed by atoms with Gasteiger partial charge < -0.3 is 37.9 Å². The minimum absolute atomic E-state index is 0.0575. The van der Waals surface area contributed by atoms with Crippen molar-refractivity contribution in [2.24, 2.45) is 23.7 Å². The number of benzene rings is 6. The second-order valence-corrected chi connectivity index (χ2v) is 29.8. The third kappa shape index (κ3) is 27.9.